The Morgan fingerprint density at radius 2 is 1.84 bits per heavy atom. The van der Waals surface area contributed by atoms with Crippen LogP contribution in [0, 0.1) is 11.6 Å². The first-order chi connectivity index (χ1) is 15.4. The van der Waals surface area contributed by atoms with Gasteiger partial charge in [-0.3, -0.25) is 4.79 Å². The predicted molar refractivity (Wildman–Crippen MR) is 115 cm³/mol. The molecule has 7 nitrogen and oxygen atoms in total. The Bertz CT molecular complexity index is 1300. The maximum Gasteiger partial charge on any atom is 0.247 e. The minimum Gasteiger partial charge on any atom is -0.476 e. The van der Waals surface area contributed by atoms with Gasteiger partial charge in [0.15, 0.2) is 16.9 Å². The van der Waals surface area contributed by atoms with E-state index in [1.807, 2.05) is 0 Å². The van der Waals surface area contributed by atoms with Gasteiger partial charge in [-0.25, -0.2) is 18.7 Å². The number of ketones is 1. The number of benzene rings is 2. The van der Waals surface area contributed by atoms with Crippen LogP contribution in [0.2, 0.25) is 0 Å². The van der Waals surface area contributed by atoms with Crippen molar-refractivity contribution in [1.29, 1.82) is 0 Å². The summed E-state index contributed by atoms with van der Waals surface area (Å²) in [5.41, 5.74) is 2.12. The van der Waals surface area contributed by atoms with Crippen LogP contribution in [0.25, 0.3) is 22.4 Å². The summed E-state index contributed by atoms with van der Waals surface area (Å²) in [5.74, 6) is -0.574. The molecule has 0 saturated heterocycles. The van der Waals surface area contributed by atoms with Crippen LogP contribution in [0.4, 0.5) is 14.7 Å². The van der Waals surface area contributed by atoms with Crippen LogP contribution >= 0.6 is 0 Å². The van der Waals surface area contributed by atoms with Crippen LogP contribution in [0.1, 0.15) is 29.8 Å². The minimum atomic E-state index is -0.528. The highest BCUT2D eigenvalue weighted by molar-refractivity contribution is 5.95. The number of halogens is 2. The molecule has 0 bridgehead atoms. The molecule has 0 radical (unpaired) electrons. The molecule has 4 rings (SSSR count). The van der Waals surface area contributed by atoms with Crippen LogP contribution in [0.15, 0.2) is 48.7 Å². The van der Waals surface area contributed by atoms with Gasteiger partial charge in [-0.15, -0.1) is 0 Å². The lowest BCUT2D eigenvalue weighted by Gasteiger charge is -2.11. The van der Waals surface area contributed by atoms with Gasteiger partial charge >= 0.3 is 0 Å². The summed E-state index contributed by atoms with van der Waals surface area (Å²) in [4.78, 5) is 29.2. The molecule has 9 heteroatoms. The third-order valence-corrected chi connectivity index (χ3v) is 4.67. The van der Waals surface area contributed by atoms with Gasteiger partial charge < -0.3 is 10.1 Å². The smallest absolute Gasteiger partial charge is 0.247 e. The van der Waals surface area contributed by atoms with Crippen molar-refractivity contribution in [3.8, 4) is 17.1 Å². The normalized spacial score (nSPS) is 10.9. The van der Waals surface area contributed by atoms with Crippen LogP contribution in [-0.4, -0.2) is 32.3 Å². The van der Waals surface area contributed by atoms with Gasteiger partial charge in [-0.2, -0.15) is 9.97 Å². The van der Waals surface area contributed by atoms with Crippen molar-refractivity contribution in [3.05, 3.63) is 71.4 Å². The average Bonchev–Trinajstić information content (AvgIpc) is 2.79. The molecule has 2 aromatic carbocycles. The summed E-state index contributed by atoms with van der Waals surface area (Å²) >= 11 is 0. The lowest BCUT2D eigenvalue weighted by atomic mass is 10.1. The van der Waals surface area contributed by atoms with E-state index < -0.39 is 5.82 Å². The van der Waals surface area contributed by atoms with Gasteiger partial charge in [0, 0.05) is 17.7 Å². The molecule has 0 fully saturated rings. The number of nitrogens with one attached hydrogen (secondary N) is 1. The summed E-state index contributed by atoms with van der Waals surface area (Å²) < 4.78 is 33.1. The number of rotatable bonds is 7. The maximum absolute atomic E-state index is 14.4. The number of Topliss-reactive ketones (excluding diaryl/α,β-unsaturated/α-hetero) is 1. The summed E-state index contributed by atoms with van der Waals surface area (Å²) in [6, 6.07) is 10.1. The predicted octanol–water partition coefficient (Wildman–Crippen LogP) is 4.58. The highest BCUT2D eigenvalue weighted by Crippen LogP contribution is 2.27. The largest absolute Gasteiger partial charge is 0.476 e. The van der Waals surface area contributed by atoms with E-state index in [4.69, 9.17) is 4.74 Å². The number of anilines is 1. The van der Waals surface area contributed by atoms with Crippen molar-refractivity contribution in [1.82, 2.24) is 19.9 Å². The topological polar surface area (TPSA) is 89.9 Å². The van der Waals surface area contributed by atoms with E-state index >= 15 is 0 Å². The second kappa shape index (κ2) is 9.01. The molecule has 0 atom stereocenters. The molecule has 4 aromatic rings. The standard InChI is InChI=1S/C23H19F2N5O2/c1-3-32-22-20-21(29-23(30-22)27-11-14-4-7-16(24)8-5-14)26-12-19(28-20)17-10-15(13(2)31)6-9-18(17)25/h4-10,12H,3,11H2,1-2H3,(H,26,27,29,30). The van der Waals surface area contributed by atoms with Crippen molar-refractivity contribution in [2.24, 2.45) is 0 Å². The molecule has 162 valence electrons. The van der Waals surface area contributed by atoms with Crippen LogP contribution in [-0.2, 0) is 6.54 Å². The number of carbonyl (C=O) groups is 1. The van der Waals surface area contributed by atoms with Crippen molar-refractivity contribution in [3.63, 3.8) is 0 Å². The molecule has 32 heavy (non-hydrogen) atoms. The first-order valence-corrected chi connectivity index (χ1v) is 9.91. The van der Waals surface area contributed by atoms with E-state index in [0.29, 0.717) is 18.7 Å². The zero-order valence-electron chi connectivity index (χ0n) is 17.4. The lowest BCUT2D eigenvalue weighted by Crippen LogP contribution is -2.07. The van der Waals surface area contributed by atoms with E-state index in [-0.39, 0.29) is 45.9 Å². The number of aromatic nitrogens is 4. The second-order valence-corrected chi connectivity index (χ2v) is 6.94. The van der Waals surface area contributed by atoms with Crippen LogP contribution in [0.3, 0.4) is 0 Å². The summed E-state index contributed by atoms with van der Waals surface area (Å²) in [6.45, 7) is 3.90. The maximum atomic E-state index is 14.4. The van der Waals surface area contributed by atoms with Gasteiger partial charge in [0.05, 0.1) is 18.5 Å². The molecule has 1 N–H and O–H groups in total. The zero-order chi connectivity index (χ0) is 22.7. The third-order valence-electron chi connectivity index (χ3n) is 4.67. The summed E-state index contributed by atoms with van der Waals surface area (Å²) in [6.07, 6.45) is 1.39. The molecule has 2 aromatic heterocycles. The van der Waals surface area contributed by atoms with Crippen LogP contribution < -0.4 is 10.1 Å². The van der Waals surface area contributed by atoms with E-state index in [0.717, 1.165) is 5.56 Å². The van der Waals surface area contributed by atoms with E-state index in [2.05, 4.69) is 25.3 Å². The summed E-state index contributed by atoms with van der Waals surface area (Å²) in [7, 11) is 0. The number of nitrogens with zero attached hydrogens (tertiary/aromatic N) is 4. The Morgan fingerprint density at radius 1 is 1.06 bits per heavy atom. The number of ether oxygens (including phenoxy) is 1. The number of fused-ring (bicyclic) bond motifs is 1. The lowest BCUT2D eigenvalue weighted by molar-refractivity contribution is 0.101. The Morgan fingerprint density at radius 3 is 2.56 bits per heavy atom. The van der Waals surface area contributed by atoms with E-state index in [1.54, 1.807) is 19.1 Å². The molecule has 0 amide bonds. The van der Waals surface area contributed by atoms with E-state index in [1.165, 1.54) is 43.5 Å². The molecule has 0 spiro atoms. The van der Waals surface area contributed by atoms with Gasteiger partial charge in [-0.1, -0.05) is 12.1 Å². The van der Waals surface area contributed by atoms with Crippen molar-refractivity contribution in [2.45, 2.75) is 20.4 Å². The van der Waals surface area contributed by atoms with Gasteiger partial charge in [0.25, 0.3) is 0 Å². The van der Waals surface area contributed by atoms with Gasteiger partial charge in [0.2, 0.25) is 11.8 Å². The molecule has 2 heterocycles. The first-order valence-electron chi connectivity index (χ1n) is 9.91. The summed E-state index contributed by atoms with van der Waals surface area (Å²) in [5, 5.41) is 3.06. The molecule has 0 aliphatic rings. The molecule has 0 aliphatic heterocycles. The number of carbonyl (C=O) groups excluding carboxylic acids is 1. The molecular formula is C23H19F2N5O2. The fourth-order valence-corrected chi connectivity index (χ4v) is 3.05. The number of hydrogen-bond acceptors (Lipinski definition) is 7. The average molecular weight is 435 g/mol. The SMILES string of the molecule is CCOc1nc(NCc2ccc(F)cc2)nc2ncc(-c3cc(C(C)=O)ccc3F)nc12. The third kappa shape index (κ3) is 4.51. The first kappa shape index (κ1) is 21.2. The van der Waals surface area contributed by atoms with Crippen molar-refractivity contribution >= 4 is 22.9 Å². The van der Waals surface area contributed by atoms with E-state index in [9.17, 15) is 13.6 Å². The second-order valence-electron chi connectivity index (χ2n) is 6.94. The highest BCUT2D eigenvalue weighted by atomic mass is 19.1. The Labute approximate surface area is 182 Å². The zero-order valence-corrected chi connectivity index (χ0v) is 17.4. The molecule has 0 aliphatic carbocycles. The highest BCUT2D eigenvalue weighted by Gasteiger charge is 2.16. The molecular weight excluding hydrogens is 416 g/mol. The Balaban J connectivity index is 1.71. The number of hydrogen-bond donors (Lipinski definition) is 1. The van der Waals surface area contributed by atoms with Crippen molar-refractivity contribution in [2.75, 3.05) is 11.9 Å². The van der Waals surface area contributed by atoms with Crippen LogP contribution in [0.5, 0.6) is 5.88 Å². The van der Waals surface area contributed by atoms with Gasteiger partial charge in [-0.05, 0) is 49.7 Å². The Hall–Kier alpha value is -4.01. The minimum absolute atomic E-state index is 0.146. The van der Waals surface area contributed by atoms with Crippen molar-refractivity contribution < 1.29 is 18.3 Å². The fraction of sp³-hybridized carbons (Fsp3) is 0.174. The Kier molecular flexibility index (Phi) is 5.98. The molecule has 0 saturated carbocycles. The molecule has 0 unspecified atom stereocenters. The quantitative estimate of drug-likeness (QED) is 0.425. The van der Waals surface area contributed by atoms with Gasteiger partial charge in [0.1, 0.15) is 11.6 Å². The monoisotopic (exact) mass is 435 g/mol. The fourth-order valence-electron chi connectivity index (χ4n) is 3.05.